The van der Waals surface area contributed by atoms with E-state index in [9.17, 15) is 4.79 Å². The molecule has 2 heterocycles. The van der Waals surface area contributed by atoms with Crippen LogP contribution in [0.2, 0.25) is 0 Å². The zero-order valence-electron chi connectivity index (χ0n) is 8.73. The summed E-state index contributed by atoms with van der Waals surface area (Å²) in [6.45, 7) is 4.09. The maximum atomic E-state index is 11.7. The summed E-state index contributed by atoms with van der Waals surface area (Å²) in [5, 5.41) is 0.734. The Hall–Kier alpha value is -1.23. The van der Waals surface area contributed by atoms with Crippen molar-refractivity contribution in [2.75, 3.05) is 11.5 Å². The normalized spacial score (nSPS) is 18.9. The van der Waals surface area contributed by atoms with Crippen molar-refractivity contribution in [1.29, 1.82) is 0 Å². The van der Waals surface area contributed by atoms with Gasteiger partial charge in [0.1, 0.15) is 0 Å². The lowest BCUT2D eigenvalue weighted by Gasteiger charge is -2.09. The third-order valence-corrected chi connectivity index (χ3v) is 3.53. The highest BCUT2D eigenvalue weighted by molar-refractivity contribution is 8.14. The molecule has 0 aromatic carbocycles. The molecule has 1 aromatic heterocycles. The minimum Gasteiger partial charge on any atom is -0.394 e. The van der Waals surface area contributed by atoms with Crippen LogP contribution in [0.15, 0.2) is 28.1 Å². The van der Waals surface area contributed by atoms with Gasteiger partial charge in [0.15, 0.2) is 5.17 Å². The molecule has 0 atom stereocenters. The lowest BCUT2D eigenvalue weighted by atomic mass is 10.1. The van der Waals surface area contributed by atoms with Crippen molar-refractivity contribution >= 4 is 22.6 Å². The van der Waals surface area contributed by atoms with Gasteiger partial charge in [-0.25, -0.2) is 0 Å². The summed E-state index contributed by atoms with van der Waals surface area (Å²) in [6, 6.07) is 3.36. The van der Waals surface area contributed by atoms with Crippen LogP contribution in [0.1, 0.15) is 13.8 Å². The highest BCUT2D eigenvalue weighted by atomic mass is 32.2. The number of anilines is 1. The average Bonchev–Trinajstić information content (AvgIpc) is 2.51. The standard InChI is InChI=1S/C10H13N3OS/c1-10(2)6-15-9(12-10)13-5-3-4-7(11)8(13)14/h3-5H,6,11H2,1-2H3. The van der Waals surface area contributed by atoms with Crippen LogP contribution in [-0.4, -0.2) is 21.0 Å². The first-order chi connectivity index (χ1) is 6.99. The van der Waals surface area contributed by atoms with Gasteiger partial charge in [-0.05, 0) is 26.0 Å². The van der Waals surface area contributed by atoms with Gasteiger partial charge in [0.2, 0.25) is 0 Å². The largest absolute Gasteiger partial charge is 0.394 e. The lowest BCUT2D eigenvalue weighted by molar-refractivity contribution is 0.603. The second-order valence-electron chi connectivity index (χ2n) is 4.13. The van der Waals surface area contributed by atoms with Crippen molar-refractivity contribution < 1.29 is 0 Å². The van der Waals surface area contributed by atoms with Crippen LogP contribution in [0.4, 0.5) is 5.69 Å². The number of pyridine rings is 1. The number of aliphatic imine (C=N–C) groups is 1. The summed E-state index contributed by atoms with van der Waals surface area (Å²) >= 11 is 1.58. The molecule has 1 aliphatic rings. The van der Waals surface area contributed by atoms with E-state index in [1.807, 2.05) is 13.8 Å². The van der Waals surface area contributed by atoms with E-state index in [0.29, 0.717) is 0 Å². The summed E-state index contributed by atoms with van der Waals surface area (Å²) in [4.78, 5) is 16.2. The highest BCUT2D eigenvalue weighted by Gasteiger charge is 2.26. The van der Waals surface area contributed by atoms with E-state index in [-0.39, 0.29) is 16.8 Å². The van der Waals surface area contributed by atoms with E-state index in [4.69, 9.17) is 5.73 Å². The van der Waals surface area contributed by atoms with Gasteiger partial charge in [-0.1, -0.05) is 11.8 Å². The number of nitrogen functional groups attached to an aromatic ring is 1. The maximum absolute atomic E-state index is 11.7. The fraction of sp³-hybridized carbons (Fsp3) is 0.400. The Morgan fingerprint density at radius 3 is 2.93 bits per heavy atom. The van der Waals surface area contributed by atoms with Crippen molar-refractivity contribution in [3.05, 3.63) is 28.7 Å². The van der Waals surface area contributed by atoms with Crippen molar-refractivity contribution in [1.82, 2.24) is 4.57 Å². The number of hydrogen-bond acceptors (Lipinski definition) is 4. The number of thioether (sulfide) groups is 1. The Labute approximate surface area is 92.2 Å². The molecule has 0 amide bonds. The molecule has 80 valence electrons. The van der Waals surface area contributed by atoms with Gasteiger partial charge >= 0.3 is 0 Å². The molecular formula is C10H13N3OS. The molecule has 1 aromatic rings. The van der Waals surface area contributed by atoms with Crippen LogP contribution in [0, 0.1) is 0 Å². The SMILES string of the molecule is CC1(C)CSC(n2cccc(N)c2=O)=N1. The first kappa shape index (κ1) is 10.3. The van der Waals surface area contributed by atoms with E-state index in [2.05, 4.69) is 4.99 Å². The first-order valence-corrected chi connectivity index (χ1v) is 5.68. The fourth-order valence-corrected chi connectivity index (χ4v) is 2.49. The van der Waals surface area contributed by atoms with Crippen molar-refractivity contribution in [3.63, 3.8) is 0 Å². The van der Waals surface area contributed by atoms with Gasteiger partial charge in [-0.3, -0.25) is 14.4 Å². The monoisotopic (exact) mass is 223 g/mol. The van der Waals surface area contributed by atoms with Crippen LogP contribution in [0.5, 0.6) is 0 Å². The molecule has 15 heavy (non-hydrogen) atoms. The van der Waals surface area contributed by atoms with E-state index in [0.717, 1.165) is 10.9 Å². The zero-order chi connectivity index (χ0) is 11.1. The smallest absolute Gasteiger partial charge is 0.279 e. The van der Waals surface area contributed by atoms with Crippen LogP contribution < -0.4 is 11.3 Å². The minimum absolute atomic E-state index is 0.0932. The molecule has 0 fully saturated rings. The quantitative estimate of drug-likeness (QED) is 0.718. The predicted octanol–water partition coefficient (Wildman–Crippen LogP) is 1.16. The predicted molar refractivity (Wildman–Crippen MR) is 64.5 cm³/mol. The molecule has 0 aliphatic carbocycles. The molecule has 4 nitrogen and oxygen atoms in total. The van der Waals surface area contributed by atoms with E-state index < -0.39 is 0 Å². The Morgan fingerprint density at radius 1 is 1.60 bits per heavy atom. The van der Waals surface area contributed by atoms with Crippen LogP contribution in [0.25, 0.3) is 0 Å². The third kappa shape index (κ3) is 1.92. The second-order valence-corrected chi connectivity index (χ2v) is 5.08. The summed E-state index contributed by atoms with van der Waals surface area (Å²) in [7, 11) is 0. The van der Waals surface area contributed by atoms with E-state index in [1.54, 1.807) is 30.1 Å². The molecular weight excluding hydrogens is 210 g/mol. The average molecular weight is 223 g/mol. The molecule has 0 radical (unpaired) electrons. The van der Waals surface area contributed by atoms with Crippen molar-refractivity contribution in [3.8, 4) is 0 Å². The van der Waals surface area contributed by atoms with Crippen molar-refractivity contribution in [2.45, 2.75) is 19.4 Å². The highest BCUT2D eigenvalue weighted by Crippen LogP contribution is 2.27. The number of rotatable bonds is 0. The fourth-order valence-electron chi connectivity index (χ4n) is 1.35. The second kappa shape index (κ2) is 3.41. The Morgan fingerprint density at radius 2 is 2.33 bits per heavy atom. The summed E-state index contributed by atoms with van der Waals surface area (Å²) in [6.07, 6.45) is 1.70. The molecule has 5 heteroatoms. The molecule has 0 unspecified atom stereocenters. The number of hydrogen-bond donors (Lipinski definition) is 1. The maximum Gasteiger partial charge on any atom is 0.279 e. The van der Waals surface area contributed by atoms with Gasteiger partial charge in [0.05, 0.1) is 11.2 Å². The van der Waals surface area contributed by atoms with Crippen LogP contribution in [-0.2, 0) is 0 Å². The number of nitrogens with zero attached hydrogens (tertiary/aromatic N) is 2. The van der Waals surface area contributed by atoms with Gasteiger partial charge in [-0.15, -0.1) is 0 Å². The van der Waals surface area contributed by atoms with Crippen LogP contribution in [0.3, 0.4) is 0 Å². The number of nitrogens with two attached hydrogens (primary N) is 1. The molecule has 2 rings (SSSR count). The molecule has 0 saturated carbocycles. The zero-order valence-corrected chi connectivity index (χ0v) is 9.54. The van der Waals surface area contributed by atoms with E-state index >= 15 is 0 Å². The minimum atomic E-state index is -0.193. The van der Waals surface area contributed by atoms with E-state index in [1.165, 1.54) is 4.57 Å². The van der Waals surface area contributed by atoms with Gasteiger partial charge < -0.3 is 5.73 Å². The summed E-state index contributed by atoms with van der Waals surface area (Å²) < 4.78 is 1.51. The van der Waals surface area contributed by atoms with Gasteiger partial charge in [-0.2, -0.15) is 0 Å². The first-order valence-electron chi connectivity index (χ1n) is 4.70. The topological polar surface area (TPSA) is 60.4 Å². The number of aromatic nitrogens is 1. The Bertz CT molecular complexity index is 476. The van der Waals surface area contributed by atoms with Crippen molar-refractivity contribution in [2.24, 2.45) is 4.99 Å². The Balaban J connectivity index is 2.49. The summed E-state index contributed by atoms with van der Waals surface area (Å²) in [5.74, 6) is 0.892. The molecule has 0 bridgehead atoms. The third-order valence-electron chi connectivity index (χ3n) is 2.14. The molecule has 0 spiro atoms. The Kier molecular flexibility index (Phi) is 2.34. The van der Waals surface area contributed by atoms with Gasteiger partial charge in [0.25, 0.3) is 5.56 Å². The summed E-state index contributed by atoms with van der Waals surface area (Å²) in [5.41, 5.74) is 5.53. The van der Waals surface area contributed by atoms with Crippen LogP contribution >= 0.6 is 11.8 Å². The molecule has 0 saturated heterocycles. The van der Waals surface area contributed by atoms with Gasteiger partial charge in [0, 0.05) is 11.9 Å². The molecule has 1 aliphatic heterocycles. The molecule has 2 N–H and O–H groups in total. The lowest BCUT2D eigenvalue weighted by Crippen LogP contribution is -2.26.